The van der Waals surface area contributed by atoms with Crippen LogP contribution in [0.5, 0.6) is 0 Å². The Kier molecular flexibility index (Phi) is 8.97. The first-order valence-electron chi connectivity index (χ1n) is 9.15. The highest BCUT2D eigenvalue weighted by Crippen LogP contribution is 2.13. The lowest BCUT2D eigenvalue weighted by molar-refractivity contribution is -0.147. The first-order valence-corrected chi connectivity index (χ1v) is 9.66. The highest BCUT2D eigenvalue weighted by molar-refractivity contribution is 7.81. The first kappa shape index (κ1) is 24.0. The van der Waals surface area contributed by atoms with Crippen LogP contribution in [0.25, 0.3) is 0 Å². The largest absolute Gasteiger partial charge is 0.480 e. The molecule has 1 aromatic carbocycles. The molecular formula is C20H30N2O5S. The third-order valence-electron chi connectivity index (χ3n) is 4.28. The molecule has 156 valence electrons. The number of carboxylic acid groups (broad SMARTS) is 1. The molecule has 0 aliphatic rings. The Balaban J connectivity index is 2.74. The summed E-state index contributed by atoms with van der Waals surface area (Å²) in [6.07, 6.45) is -0.776. The Labute approximate surface area is 171 Å². The second-order valence-corrected chi connectivity index (χ2v) is 8.15. The fourth-order valence-electron chi connectivity index (χ4n) is 2.34. The highest BCUT2D eigenvalue weighted by atomic mass is 32.1. The van der Waals surface area contributed by atoms with Crippen molar-refractivity contribution in [2.45, 2.75) is 64.2 Å². The lowest BCUT2D eigenvalue weighted by Crippen LogP contribution is -2.61. The van der Waals surface area contributed by atoms with Gasteiger partial charge >= 0.3 is 5.97 Å². The Bertz CT molecular complexity index is 678. The lowest BCUT2D eigenvalue weighted by Gasteiger charge is -2.30. The molecule has 2 amide bonds. The van der Waals surface area contributed by atoms with E-state index in [0.29, 0.717) is 0 Å². The van der Waals surface area contributed by atoms with E-state index in [1.807, 2.05) is 44.2 Å². The van der Waals surface area contributed by atoms with Gasteiger partial charge in [0.1, 0.15) is 5.54 Å². The summed E-state index contributed by atoms with van der Waals surface area (Å²) in [6, 6.07) is 8.06. The molecule has 3 N–H and O–H groups in total. The van der Waals surface area contributed by atoms with Crippen molar-refractivity contribution in [1.82, 2.24) is 10.6 Å². The molecule has 0 bridgehead atoms. The number of hydrogen-bond acceptors (Lipinski definition) is 5. The minimum absolute atomic E-state index is 0.0135. The zero-order valence-corrected chi connectivity index (χ0v) is 17.8. The van der Waals surface area contributed by atoms with Gasteiger partial charge in [0.25, 0.3) is 0 Å². The second kappa shape index (κ2) is 10.5. The lowest BCUT2D eigenvalue weighted by atomic mass is 10.0. The molecule has 0 aromatic heterocycles. The van der Waals surface area contributed by atoms with Gasteiger partial charge in [-0.3, -0.25) is 9.59 Å². The minimum atomic E-state index is -1.31. The van der Waals surface area contributed by atoms with Gasteiger partial charge in [0.05, 0.1) is 18.0 Å². The number of carbonyl (C=O) groups excluding carboxylic acids is 2. The molecule has 1 aromatic rings. The number of carboxylic acids is 1. The monoisotopic (exact) mass is 410 g/mol. The summed E-state index contributed by atoms with van der Waals surface area (Å²) < 4.78 is 5.62. The topological polar surface area (TPSA) is 105 Å². The molecular weight excluding hydrogens is 380 g/mol. The Morgan fingerprint density at radius 3 is 2.21 bits per heavy atom. The summed E-state index contributed by atoms with van der Waals surface area (Å²) in [7, 11) is 0. The maximum absolute atomic E-state index is 12.6. The number of aliphatic carboxylic acids is 1. The Morgan fingerprint density at radius 1 is 1.14 bits per heavy atom. The van der Waals surface area contributed by atoms with Gasteiger partial charge in [0, 0.05) is 0 Å². The quantitative estimate of drug-likeness (QED) is 0.442. The van der Waals surface area contributed by atoms with Crippen LogP contribution in [0.2, 0.25) is 0 Å². The third-order valence-corrected chi connectivity index (χ3v) is 5.11. The zero-order chi connectivity index (χ0) is 21.5. The zero-order valence-electron chi connectivity index (χ0n) is 16.9. The molecule has 0 saturated carbocycles. The number of benzene rings is 1. The van der Waals surface area contributed by atoms with Gasteiger partial charge in [-0.05, 0) is 32.3 Å². The van der Waals surface area contributed by atoms with Crippen molar-refractivity contribution < 1.29 is 24.2 Å². The van der Waals surface area contributed by atoms with Crippen LogP contribution in [0.15, 0.2) is 30.3 Å². The number of ether oxygens (including phenoxy) is 1. The van der Waals surface area contributed by atoms with E-state index < -0.39 is 40.7 Å². The number of amides is 2. The second-order valence-electron chi connectivity index (χ2n) is 7.59. The van der Waals surface area contributed by atoms with Crippen molar-refractivity contribution in [3.8, 4) is 0 Å². The SMILES string of the molecule is CC(C)C(S)C(=O)NC(C)(C)C(=O)NC(C(=O)O)C(C)OCc1ccccc1. The van der Waals surface area contributed by atoms with E-state index in [1.54, 1.807) is 6.92 Å². The summed E-state index contributed by atoms with van der Waals surface area (Å²) in [4.78, 5) is 36.5. The molecule has 3 unspecified atom stereocenters. The molecule has 8 heteroatoms. The predicted octanol–water partition coefficient (Wildman–Crippen LogP) is 2.01. The van der Waals surface area contributed by atoms with Crippen LogP contribution in [0.3, 0.4) is 0 Å². The van der Waals surface area contributed by atoms with Crippen molar-refractivity contribution in [2.75, 3.05) is 0 Å². The number of rotatable bonds is 10. The maximum atomic E-state index is 12.6. The van der Waals surface area contributed by atoms with Crippen LogP contribution >= 0.6 is 12.6 Å². The van der Waals surface area contributed by atoms with Crippen LogP contribution in [0.1, 0.15) is 40.2 Å². The first-order chi connectivity index (χ1) is 13.0. The van der Waals surface area contributed by atoms with Gasteiger partial charge in [-0.15, -0.1) is 0 Å². The fraction of sp³-hybridized carbons (Fsp3) is 0.550. The van der Waals surface area contributed by atoms with Crippen LogP contribution in [0.4, 0.5) is 0 Å². The van der Waals surface area contributed by atoms with Gasteiger partial charge in [0.2, 0.25) is 11.8 Å². The van der Waals surface area contributed by atoms with Crippen LogP contribution < -0.4 is 10.6 Å². The van der Waals surface area contributed by atoms with E-state index in [4.69, 9.17) is 4.74 Å². The van der Waals surface area contributed by atoms with Crippen molar-refractivity contribution in [3.63, 3.8) is 0 Å². The average Bonchev–Trinajstić information content (AvgIpc) is 2.63. The van der Waals surface area contributed by atoms with E-state index in [1.165, 1.54) is 13.8 Å². The van der Waals surface area contributed by atoms with E-state index in [-0.39, 0.29) is 12.5 Å². The minimum Gasteiger partial charge on any atom is -0.480 e. The molecule has 0 radical (unpaired) electrons. The van der Waals surface area contributed by atoms with Gasteiger partial charge in [-0.2, -0.15) is 12.6 Å². The normalized spacial score (nSPS) is 14.8. The average molecular weight is 411 g/mol. The number of hydrogen-bond donors (Lipinski definition) is 4. The Hall–Kier alpha value is -2.06. The van der Waals surface area contributed by atoms with Crippen LogP contribution in [-0.2, 0) is 25.7 Å². The van der Waals surface area contributed by atoms with E-state index >= 15 is 0 Å². The third kappa shape index (κ3) is 7.16. The van der Waals surface area contributed by atoms with Crippen molar-refractivity contribution in [2.24, 2.45) is 5.92 Å². The van der Waals surface area contributed by atoms with Crippen LogP contribution in [0, 0.1) is 5.92 Å². The van der Waals surface area contributed by atoms with Crippen molar-refractivity contribution >= 4 is 30.4 Å². The number of thiol groups is 1. The van der Waals surface area contributed by atoms with E-state index in [9.17, 15) is 19.5 Å². The molecule has 1 rings (SSSR count). The summed E-state index contributed by atoms with van der Waals surface area (Å²) in [6.45, 7) is 8.51. The summed E-state index contributed by atoms with van der Waals surface area (Å²) in [5.74, 6) is -2.24. The van der Waals surface area contributed by atoms with Gasteiger partial charge in [-0.1, -0.05) is 44.2 Å². The molecule has 0 heterocycles. The molecule has 0 fully saturated rings. The molecule has 28 heavy (non-hydrogen) atoms. The predicted molar refractivity (Wildman–Crippen MR) is 110 cm³/mol. The summed E-state index contributed by atoms with van der Waals surface area (Å²) >= 11 is 4.24. The summed E-state index contributed by atoms with van der Waals surface area (Å²) in [5.41, 5.74) is -0.411. The molecule has 7 nitrogen and oxygen atoms in total. The number of carbonyl (C=O) groups is 3. The molecule has 0 spiro atoms. The van der Waals surface area contributed by atoms with Crippen molar-refractivity contribution in [3.05, 3.63) is 35.9 Å². The smallest absolute Gasteiger partial charge is 0.328 e. The van der Waals surface area contributed by atoms with Crippen molar-refractivity contribution in [1.29, 1.82) is 0 Å². The standard InChI is InChI=1S/C20H30N2O5S/c1-12(2)16(28)17(23)22-20(4,5)19(26)21-15(18(24)25)13(3)27-11-14-9-7-6-8-10-14/h6-10,12-13,15-16,28H,11H2,1-5H3,(H,21,26)(H,22,23)(H,24,25). The van der Waals surface area contributed by atoms with Gasteiger partial charge in [-0.25, -0.2) is 4.79 Å². The fourth-order valence-corrected chi connectivity index (χ4v) is 2.41. The van der Waals surface area contributed by atoms with E-state index in [0.717, 1.165) is 5.56 Å². The highest BCUT2D eigenvalue weighted by Gasteiger charge is 2.36. The van der Waals surface area contributed by atoms with Crippen LogP contribution in [-0.4, -0.2) is 45.8 Å². The summed E-state index contributed by atoms with van der Waals surface area (Å²) in [5, 5.41) is 14.0. The van der Waals surface area contributed by atoms with Gasteiger partial charge in [0.15, 0.2) is 6.04 Å². The molecule has 0 saturated heterocycles. The van der Waals surface area contributed by atoms with E-state index in [2.05, 4.69) is 23.3 Å². The van der Waals surface area contributed by atoms with Gasteiger partial charge < -0.3 is 20.5 Å². The molecule has 3 atom stereocenters. The Morgan fingerprint density at radius 2 is 1.71 bits per heavy atom. The molecule has 0 aliphatic heterocycles. The molecule has 0 aliphatic carbocycles. The number of nitrogens with one attached hydrogen (secondary N) is 2. The maximum Gasteiger partial charge on any atom is 0.328 e.